The first-order valence-corrected chi connectivity index (χ1v) is 6.30. The van der Waals surface area contributed by atoms with Crippen molar-refractivity contribution >= 4 is 5.91 Å². The van der Waals surface area contributed by atoms with Gasteiger partial charge in [-0.3, -0.25) is 4.79 Å². The van der Waals surface area contributed by atoms with Crippen LogP contribution in [0.25, 0.3) is 0 Å². The normalized spacial score (nSPS) is 19.8. The molecule has 1 aromatic rings. The molecule has 1 aromatic carbocycles. The number of aryl methyl sites for hydroxylation is 1. The zero-order valence-electron chi connectivity index (χ0n) is 10.3. The molecule has 3 nitrogen and oxygen atoms in total. The summed E-state index contributed by atoms with van der Waals surface area (Å²) in [6, 6.07) is 8.54. The van der Waals surface area contributed by atoms with Gasteiger partial charge in [0, 0.05) is 5.92 Å². The largest absolute Gasteiger partial charge is 0.349 e. The van der Waals surface area contributed by atoms with Crippen molar-refractivity contribution in [3.63, 3.8) is 0 Å². The fourth-order valence-electron chi connectivity index (χ4n) is 2.40. The third-order valence-corrected chi connectivity index (χ3v) is 3.50. The Morgan fingerprint density at radius 2 is 2.29 bits per heavy atom. The molecule has 0 fully saturated rings. The molecule has 0 aromatic heterocycles. The first kappa shape index (κ1) is 12.1. The minimum atomic E-state index is 0.00719. The lowest BCUT2D eigenvalue weighted by Gasteiger charge is -2.17. The summed E-state index contributed by atoms with van der Waals surface area (Å²) in [6.07, 6.45) is 2.83. The van der Waals surface area contributed by atoms with Crippen LogP contribution in [0.2, 0.25) is 0 Å². The Bertz CT molecular complexity index is 403. The van der Waals surface area contributed by atoms with Crippen LogP contribution >= 0.6 is 0 Å². The zero-order valence-corrected chi connectivity index (χ0v) is 10.3. The van der Waals surface area contributed by atoms with Crippen molar-refractivity contribution in [2.45, 2.75) is 32.2 Å². The van der Waals surface area contributed by atoms with Gasteiger partial charge in [-0.25, -0.2) is 0 Å². The molecule has 0 bridgehead atoms. The van der Waals surface area contributed by atoms with Gasteiger partial charge in [0.25, 0.3) is 0 Å². The summed E-state index contributed by atoms with van der Waals surface area (Å²) in [5.41, 5.74) is 8.12. The van der Waals surface area contributed by atoms with E-state index in [2.05, 4.69) is 23.5 Å². The summed E-state index contributed by atoms with van der Waals surface area (Å²) in [5, 5.41) is 3.13. The Kier molecular flexibility index (Phi) is 3.79. The Morgan fingerprint density at radius 1 is 1.53 bits per heavy atom. The second-order valence-corrected chi connectivity index (χ2v) is 4.78. The van der Waals surface area contributed by atoms with Gasteiger partial charge >= 0.3 is 0 Å². The molecule has 2 unspecified atom stereocenters. The topological polar surface area (TPSA) is 55.1 Å². The molecule has 2 rings (SSSR count). The molecule has 2 atom stereocenters. The SMILES string of the molecule is CC(CCN)C(=O)NC1CCc2ccccc21. The summed E-state index contributed by atoms with van der Waals surface area (Å²) in [4.78, 5) is 11.9. The quantitative estimate of drug-likeness (QED) is 0.831. The molecule has 17 heavy (non-hydrogen) atoms. The average Bonchev–Trinajstić information content (AvgIpc) is 2.73. The number of benzene rings is 1. The van der Waals surface area contributed by atoms with Gasteiger partial charge in [0.05, 0.1) is 6.04 Å². The van der Waals surface area contributed by atoms with E-state index in [1.165, 1.54) is 11.1 Å². The molecule has 1 aliphatic rings. The number of nitrogens with one attached hydrogen (secondary N) is 1. The van der Waals surface area contributed by atoms with Crippen LogP contribution in [0, 0.1) is 5.92 Å². The Balaban J connectivity index is 2.00. The van der Waals surface area contributed by atoms with E-state index in [1.807, 2.05) is 13.0 Å². The lowest BCUT2D eigenvalue weighted by Crippen LogP contribution is -2.32. The fraction of sp³-hybridized carbons (Fsp3) is 0.500. The molecular formula is C14H20N2O. The van der Waals surface area contributed by atoms with Crippen LogP contribution in [0.3, 0.4) is 0 Å². The van der Waals surface area contributed by atoms with Gasteiger partial charge in [-0.2, -0.15) is 0 Å². The van der Waals surface area contributed by atoms with Gasteiger partial charge in [0.2, 0.25) is 5.91 Å². The van der Waals surface area contributed by atoms with Crippen LogP contribution in [-0.2, 0) is 11.2 Å². The van der Waals surface area contributed by atoms with E-state index in [1.54, 1.807) is 0 Å². The van der Waals surface area contributed by atoms with E-state index in [0.717, 1.165) is 19.3 Å². The minimum Gasteiger partial charge on any atom is -0.349 e. The highest BCUT2D eigenvalue weighted by atomic mass is 16.1. The number of hydrogen-bond acceptors (Lipinski definition) is 2. The standard InChI is InChI=1S/C14H20N2O/c1-10(8-9-15)14(17)16-13-7-6-11-4-2-3-5-12(11)13/h2-5,10,13H,6-9,15H2,1H3,(H,16,17). The summed E-state index contributed by atoms with van der Waals surface area (Å²) in [5.74, 6) is 0.130. The van der Waals surface area contributed by atoms with Crippen LogP contribution in [0.5, 0.6) is 0 Å². The maximum absolute atomic E-state index is 11.9. The van der Waals surface area contributed by atoms with Crippen LogP contribution in [0.15, 0.2) is 24.3 Å². The molecule has 3 N–H and O–H groups in total. The van der Waals surface area contributed by atoms with E-state index < -0.39 is 0 Å². The number of hydrogen-bond donors (Lipinski definition) is 2. The van der Waals surface area contributed by atoms with Crippen molar-refractivity contribution < 1.29 is 4.79 Å². The first-order chi connectivity index (χ1) is 8.22. The van der Waals surface area contributed by atoms with Crippen LogP contribution in [0.4, 0.5) is 0 Å². The third-order valence-electron chi connectivity index (χ3n) is 3.50. The van der Waals surface area contributed by atoms with Gasteiger partial charge in [0.1, 0.15) is 0 Å². The summed E-state index contributed by atoms with van der Waals surface area (Å²) < 4.78 is 0. The predicted molar refractivity (Wildman–Crippen MR) is 68.5 cm³/mol. The lowest BCUT2D eigenvalue weighted by atomic mass is 10.0. The van der Waals surface area contributed by atoms with E-state index in [-0.39, 0.29) is 17.9 Å². The average molecular weight is 232 g/mol. The third kappa shape index (κ3) is 2.67. The fourth-order valence-corrected chi connectivity index (χ4v) is 2.40. The maximum Gasteiger partial charge on any atom is 0.223 e. The smallest absolute Gasteiger partial charge is 0.223 e. The highest BCUT2D eigenvalue weighted by Crippen LogP contribution is 2.30. The highest BCUT2D eigenvalue weighted by Gasteiger charge is 2.24. The van der Waals surface area contributed by atoms with Crippen molar-refractivity contribution in [1.82, 2.24) is 5.32 Å². The molecule has 0 radical (unpaired) electrons. The highest BCUT2D eigenvalue weighted by molar-refractivity contribution is 5.78. The van der Waals surface area contributed by atoms with Crippen molar-refractivity contribution in [2.24, 2.45) is 11.7 Å². The monoisotopic (exact) mass is 232 g/mol. The maximum atomic E-state index is 11.9. The van der Waals surface area contributed by atoms with Crippen LogP contribution in [0.1, 0.15) is 36.9 Å². The van der Waals surface area contributed by atoms with E-state index in [4.69, 9.17) is 5.73 Å². The summed E-state index contributed by atoms with van der Waals surface area (Å²) in [6.45, 7) is 2.50. The van der Waals surface area contributed by atoms with Gasteiger partial charge in [-0.05, 0) is 36.9 Å². The van der Waals surface area contributed by atoms with Crippen LogP contribution in [-0.4, -0.2) is 12.5 Å². The van der Waals surface area contributed by atoms with E-state index >= 15 is 0 Å². The predicted octanol–water partition coefficient (Wildman–Crippen LogP) is 1.77. The molecule has 0 heterocycles. The van der Waals surface area contributed by atoms with E-state index in [9.17, 15) is 4.79 Å². The lowest BCUT2D eigenvalue weighted by molar-refractivity contribution is -0.125. The van der Waals surface area contributed by atoms with Gasteiger partial charge < -0.3 is 11.1 Å². The van der Waals surface area contributed by atoms with Gasteiger partial charge in [-0.1, -0.05) is 31.2 Å². The molecule has 0 saturated carbocycles. The second-order valence-electron chi connectivity index (χ2n) is 4.78. The zero-order chi connectivity index (χ0) is 12.3. The molecule has 0 aliphatic heterocycles. The molecule has 0 saturated heterocycles. The molecule has 1 aliphatic carbocycles. The number of carbonyl (C=O) groups is 1. The van der Waals surface area contributed by atoms with Gasteiger partial charge in [0.15, 0.2) is 0 Å². The van der Waals surface area contributed by atoms with Crippen molar-refractivity contribution in [1.29, 1.82) is 0 Å². The number of amides is 1. The van der Waals surface area contributed by atoms with Crippen molar-refractivity contribution in [3.8, 4) is 0 Å². The summed E-state index contributed by atoms with van der Waals surface area (Å²) in [7, 11) is 0. The molecule has 3 heteroatoms. The van der Waals surface area contributed by atoms with Crippen molar-refractivity contribution in [2.75, 3.05) is 6.54 Å². The molecule has 1 amide bonds. The molecule has 92 valence electrons. The minimum absolute atomic E-state index is 0.00719. The summed E-state index contributed by atoms with van der Waals surface area (Å²) >= 11 is 0. The van der Waals surface area contributed by atoms with Crippen molar-refractivity contribution in [3.05, 3.63) is 35.4 Å². The van der Waals surface area contributed by atoms with Gasteiger partial charge in [-0.15, -0.1) is 0 Å². The molecular weight excluding hydrogens is 212 g/mol. The molecule has 0 spiro atoms. The number of rotatable bonds is 4. The Hall–Kier alpha value is -1.35. The van der Waals surface area contributed by atoms with E-state index in [0.29, 0.717) is 6.54 Å². The van der Waals surface area contributed by atoms with Crippen LogP contribution < -0.4 is 11.1 Å². The first-order valence-electron chi connectivity index (χ1n) is 6.30. The second kappa shape index (κ2) is 5.32. The Labute approximate surface area is 102 Å². The number of nitrogens with two attached hydrogens (primary N) is 1. The number of fused-ring (bicyclic) bond motifs is 1. The number of carbonyl (C=O) groups excluding carboxylic acids is 1. The Morgan fingerprint density at radius 3 is 3.06 bits per heavy atom.